The van der Waals surface area contributed by atoms with Crippen LogP contribution < -0.4 is 5.43 Å². The molecule has 0 saturated carbocycles. The lowest BCUT2D eigenvalue weighted by atomic mass is 10.1. The first kappa shape index (κ1) is 13.8. The van der Waals surface area contributed by atoms with Crippen molar-refractivity contribution in [3.63, 3.8) is 0 Å². The van der Waals surface area contributed by atoms with Crippen molar-refractivity contribution >= 4 is 12.1 Å². The van der Waals surface area contributed by atoms with E-state index in [1.54, 1.807) is 24.3 Å². The molecule has 0 fully saturated rings. The lowest BCUT2D eigenvalue weighted by Gasteiger charge is -2.05. The molecular formula is C16H16N2O2. The van der Waals surface area contributed by atoms with E-state index in [4.69, 9.17) is 5.11 Å². The van der Waals surface area contributed by atoms with Gasteiger partial charge in [-0.25, -0.2) is 5.43 Å². The zero-order valence-electron chi connectivity index (χ0n) is 11.2. The van der Waals surface area contributed by atoms with E-state index in [1.807, 2.05) is 31.2 Å². The summed E-state index contributed by atoms with van der Waals surface area (Å²) in [7, 11) is 0. The van der Waals surface area contributed by atoms with Crippen molar-refractivity contribution in [1.29, 1.82) is 0 Å². The van der Waals surface area contributed by atoms with Crippen LogP contribution in [0, 0.1) is 0 Å². The van der Waals surface area contributed by atoms with E-state index in [1.165, 1.54) is 6.21 Å². The normalized spacial score (nSPS) is 14.7. The van der Waals surface area contributed by atoms with Crippen molar-refractivity contribution in [2.75, 3.05) is 0 Å². The summed E-state index contributed by atoms with van der Waals surface area (Å²) in [6.07, 6.45) is 9.81. The topological polar surface area (TPSA) is 61.7 Å². The van der Waals surface area contributed by atoms with Crippen molar-refractivity contribution in [1.82, 2.24) is 5.43 Å². The molecule has 1 aromatic carbocycles. The van der Waals surface area contributed by atoms with E-state index < -0.39 is 0 Å². The second-order valence-electron chi connectivity index (χ2n) is 4.44. The predicted octanol–water partition coefficient (Wildman–Crippen LogP) is 2.67. The molecule has 0 heterocycles. The van der Waals surface area contributed by atoms with Gasteiger partial charge < -0.3 is 5.11 Å². The largest absolute Gasteiger partial charge is 0.508 e. The summed E-state index contributed by atoms with van der Waals surface area (Å²) < 4.78 is 0. The first-order chi connectivity index (χ1) is 9.66. The number of carbonyl (C=O) groups excluding carboxylic acids is 1. The van der Waals surface area contributed by atoms with E-state index in [2.05, 4.69) is 10.5 Å². The number of phenolic OH excluding ortho intramolecular Hbond substituents is 1. The maximum atomic E-state index is 12.0. The van der Waals surface area contributed by atoms with Crippen LogP contribution in [0.1, 0.15) is 18.9 Å². The van der Waals surface area contributed by atoms with Crippen LogP contribution in [0.5, 0.6) is 5.75 Å². The second-order valence-corrected chi connectivity index (χ2v) is 4.44. The van der Waals surface area contributed by atoms with Crippen LogP contribution in [0.3, 0.4) is 0 Å². The van der Waals surface area contributed by atoms with Crippen molar-refractivity contribution < 1.29 is 9.90 Å². The van der Waals surface area contributed by atoms with Gasteiger partial charge >= 0.3 is 0 Å². The molecule has 0 atom stereocenters. The monoisotopic (exact) mass is 268 g/mol. The summed E-state index contributed by atoms with van der Waals surface area (Å²) in [5, 5.41) is 13.1. The van der Waals surface area contributed by atoms with Crippen molar-refractivity contribution in [2.24, 2.45) is 5.10 Å². The molecule has 0 saturated heterocycles. The molecule has 1 aromatic rings. The van der Waals surface area contributed by atoms with Gasteiger partial charge in [-0.1, -0.05) is 24.3 Å². The summed E-state index contributed by atoms with van der Waals surface area (Å²) >= 11 is 0. The van der Waals surface area contributed by atoms with Crippen LogP contribution >= 0.6 is 0 Å². The summed E-state index contributed by atoms with van der Waals surface area (Å²) in [5.41, 5.74) is 4.96. The molecular weight excluding hydrogens is 252 g/mol. The Morgan fingerprint density at radius 2 is 2.05 bits per heavy atom. The zero-order valence-corrected chi connectivity index (χ0v) is 11.2. The quantitative estimate of drug-likeness (QED) is 0.654. The Bertz CT molecular complexity index is 608. The molecule has 0 radical (unpaired) electrons. The summed E-state index contributed by atoms with van der Waals surface area (Å²) in [6.45, 7) is 1.90. The fourth-order valence-electron chi connectivity index (χ4n) is 1.79. The fraction of sp³-hybridized carbons (Fsp3) is 0.125. The number of amides is 1. The number of hydrogen-bond acceptors (Lipinski definition) is 3. The molecule has 0 bridgehead atoms. The maximum absolute atomic E-state index is 12.0. The minimum absolute atomic E-state index is 0.198. The number of hydrazone groups is 1. The highest BCUT2D eigenvalue weighted by molar-refractivity contribution is 5.95. The Hall–Kier alpha value is -2.62. The third-order valence-corrected chi connectivity index (χ3v) is 2.94. The minimum Gasteiger partial charge on any atom is -0.508 e. The number of allylic oxidation sites excluding steroid dienone is 5. The first-order valence-corrected chi connectivity index (χ1v) is 6.32. The summed E-state index contributed by atoms with van der Waals surface area (Å²) in [4.78, 5) is 12.0. The molecule has 2 N–H and O–H groups in total. The van der Waals surface area contributed by atoms with E-state index in [9.17, 15) is 4.79 Å². The molecule has 0 unspecified atom stereocenters. The third kappa shape index (κ3) is 3.68. The fourth-order valence-corrected chi connectivity index (χ4v) is 1.79. The van der Waals surface area contributed by atoms with E-state index >= 15 is 0 Å². The molecule has 20 heavy (non-hydrogen) atoms. The predicted molar refractivity (Wildman–Crippen MR) is 79.4 cm³/mol. The average Bonchev–Trinajstić information content (AvgIpc) is 2.65. The molecule has 0 aliphatic heterocycles. The minimum atomic E-state index is -0.200. The highest BCUT2D eigenvalue weighted by Gasteiger charge is 2.10. The zero-order chi connectivity index (χ0) is 14.4. The summed E-state index contributed by atoms with van der Waals surface area (Å²) in [5.74, 6) is -0.00211. The first-order valence-electron chi connectivity index (χ1n) is 6.32. The lowest BCUT2D eigenvalue weighted by Crippen LogP contribution is -2.20. The van der Waals surface area contributed by atoms with Gasteiger partial charge in [0.15, 0.2) is 0 Å². The summed E-state index contributed by atoms with van der Waals surface area (Å²) in [6, 6.07) is 6.56. The SMILES string of the molecule is CC1=C(C(=O)N/N=C/c2ccc(O)cc2)CC=CC=C1. The van der Waals surface area contributed by atoms with Gasteiger partial charge in [0.1, 0.15) is 5.75 Å². The number of carbonyl (C=O) groups is 1. The number of hydrogen-bond donors (Lipinski definition) is 2. The number of aromatic hydroxyl groups is 1. The van der Waals surface area contributed by atoms with Crippen molar-refractivity contribution in [3.05, 3.63) is 65.3 Å². The number of rotatable bonds is 3. The van der Waals surface area contributed by atoms with Gasteiger partial charge in [-0.2, -0.15) is 5.10 Å². The van der Waals surface area contributed by atoms with Crippen LogP contribution in [0.15, 0.2) is 64.8 Å². The Balaban J connectivity index is 2.00. The van der Waals surface area contributed by atoms with Gasteiger partial charge in [0.25, 0.3) is 5.91 Å². The van der Waals surface area contributed by atoms with Crippen molar-refractivity contribution in [2.45, 2.75) is 13.3 Å². The van der Waals surface area contributed by atoms with E-state index in [0.717, 1.165) is 11.1 Å². The van der Waals surface area contributed by atoms with Gasteiger partial charge in [0.05, 0.1) is 6.21 Å². The smallest absolute Gasteiger partial charge is 0.267 e. The van der Waals surface area contributed by atoms with Gasteiger partial charge in [-0.3, -0.25) is 4.79 Å². The molecule has 102 valence electrons. The second kappa shape index (κ2) is 6.52. The van der Waals surface area contributed by atoms with Crippen LogP contribution in [0.2, 0.25) is 0 Å². The molecule has 2 rings (SSSR count). The van der Waals surface area contributed by atoms with Gasteiger partial charge in [0, 0.05) is 5.57 Å². The number of phenols is 1. The number of benzene rings is 1. The van der Waals surface area contributed by atoms with Gasteiger partial charge in [-0.05, 0) is 48.7 Å². The number of nitrogens with zero attached hydrogens (tertiary/aromatic N) is 1. The highest BCUT2D eigenvalue weighted by atomic mass is 16.3. The Morgan fingerprint density at radius 1 is 1.30 bits per heavy atom. The Morgan fingerprint density at radius 3 is 2.80 bits per heavy atom. The molecule has 4 heteroatoms. The highest BCUT2D eigenvalue weighted by Crippen LogP contribution is 2.14. The van der Waals surface area contributed by atoms with Crippen LogP contribution in [-0.2, 0) is 4.79 Å². The van der Waals surface area contributed by atoms with Crippen LogP contribution in [0.25, 0.3) is 0 Å². The maximum Gasteiger partial charge on any atom is 0.267 e. The molecule has 0 spiro atoms. The lowest BCUT2D eigenvalue weighted by molar-refractivity contribution is -0.117. The standard InChI is InChI=1S/C16H16N2O2/c1-12-5-3-2-4-6-15(12)16(20)18-17-11-13-7-9-14(19)10-8-13/h2-5,7-11,19H,6H2,1H3,(H,18,20)/b17-11+. The number of nitrogens with one attached hydrogen (secondary N) is 1. The molecule has 4 nitrogen and oxygen atoms in total. The third-order valence-electron chi connectivity index (χ3n) is 2.94. The van der Waals surface area contributed by atoms with E-state index in [0.29, 0.717) is 12.0 Å². The Labute approximate surface area is 117 Å². The molecule has 1 amide bonds. The van der Waals surface area contributed by atoms with E-state index in [-0.39, 0.29) is 11.7 Å². The van der Waals surface area contributed by atoms with Crippen LogP contribution in [0.4, 0.5) is 0 Å². The Kier molecular flexibility index (Phi) is 4.50. The van der Waals surface area contributed by atoms with Crippen LogP contribution in [-0.4, -0.2) is 17.2 Å². The average molecular weight is 268 g/mol. The molecule has 0 aromatic heterocycles. The van der Waals surface area contributed by atoms with Gasteiger partial charge in [0.2, 0.25) is 0 Å². The van der Waals surface area contributed by atoms with Crippen molar-refractivity contribution in [3.8, 4) is 5.75 Å². The molecule has 1 aliphatic carbocycles. The van der Waals surface area contributed by atoms with Gasteiger partial charge in [-0.15, -0.1) is 0 Å². The molecule has 1 aliphatic rings.